The number of pyridine rings is 1. The molecule has 0 aliphatic carbocycles. The molecule has 0 saturated carbocycles. The number of nitrogens with two attached hydrogens (primary N) is 1. The van der Waals surface area contributed by atoms with E-state index >= 15 is 0 Å². The Morgan fingerprint density at radius 2 is 1.78 bits per heavy atom. The number of nitrogen functional groups attached to an aromatic ring is 1. The summed E-state index contributed by atoms with van der Waals surface area (Å²) in [6.07, 6.45) is 0. The number of ether oxygens (including phenoxy) is 2. The van der Waals surface area contributed by atoms with E-state index in [-0.39, 0.29) is 5.60 Å². The molecule has 0 bridgehead atoms. The SMILES string of the molecule is CCOCc1nc2c(N)nc3ccccc3c2n1CC(C)(C)OC(C)(C)C. The predicted molar refractivity (Wildman–Crippen MR) is 110 cm³/mol. The van der Waals surface area contributed by atoms with Gasteiger partial charge in [-0.1, -0.05) is 18.2 Å². The summed E-state index contributed by atoms with van der Waals surface area (Å²) in [4.78, 5) is 9.30. The second kappa shape index (κ2) is 7.09. The third kappa shape index (κ3) is 4.22. The number of hydrogen-bond acceptors (Lipinski definition) is 5. The van der Waals surface area contributed by atoms with Crippen molar-refractivity contribution in [2.75, 3.05) is 12.3 Å². The van der Waals surface area contributed by atoms with Gasteiger partial charge >= 0.3 is 0 Å². The van der Waals surface area contributed by atoms with Crippen LogP contribution in [0.5, 0.6) is 0 Å². The Bertz CT molecular complexity index is 954. The number of para-hydroxylation sites is 1. The van der Waals surface area contributed by atoms with Crippen molar-refractivity contribution in [2.45, 2.75) is 65.9 Å². The summed E-state index contributed by atoms with van der Waals surface area (Å²) in [5.74, 6) is 1.28. The van der Waals surface area contributed by atoms with Gasteiger partial charge in [0.05, 0.1) is 28.8 Å². The van der Waals surface area contributed by atoms with Crippen LogP contribution >= 0.6 is 0 Å². The van der Waals surface area contributed by atoms with Crippen LogP contribution in [0.4, 0.5) is 5.82 Å². The lowest BCUT2D eigenvalue weighted by Gasteiger charge is -2.34. The second-order valence-corrected chi connectivity index (χ2v) is 8.44. The molecule has 6 heteroatoms. The van der Waals surface area contributed by atoms with Gasteiger partial charge in [-0.25, -0.2) is 9.97 Å². The summed E-state index contributed by atoms with van der Waals surface area (Å²) in [5, 5.41) is 1.03. The van der Waals surface area contributed by atoms with Crippen molar-refractivity contribution < 1.29 is 9.47 Å². The van der Waals surface area contributed by atoms with Gasteiger partial charge in [-0.3, -0.25) is 0 Å². The summed E-state index contributed by atoms with van der Waals surface area (Å²) in [6, 6.07) is 8.01. The standard InChI is InChI=1S/C21H30N4O2/c1-7-26-12-16-24-17-18(14-10-8-9-11-15(14)23-19(17)22)25(16)13-21(5,6)27-20(2,3)4/h8-11H,7,12-13H2,1-6H3,(H2,22,23). The minimum Gasteiger partial charge on any atom is -0.382 e. The number of hydrogen-bond donors (Lipinski definition) is 1. The normalized spacial score (nSPS) is 13.0. The molecule has 2 aromatic heterocycles. The molecule has 0 aliphatic rings. The molecule has 2 heterocycles. The van der Waals surface area contributed by atoms with Gasteiger partial charge in [0.1, 0.15) is 17.9 Å². The van der Waals surface area contributed by atoms with Gasteiger partial charge in [0, 0.05) is 12.0 Å². The third-order valence-corrected chi connectivity index (χ3v) is 4.25. The first-order valence-electron chi connectivity index (χ1n) is 9.42. The van der Waals surface area contributed by atoms with Crippen molar-refractivity contribution in [3.8, 4) is 0 Å². The van der Waals surface area contributed by atoms with Crippen molar-refractivity contribution in [3.63, 3.8) is 0 Å². The molecule has 0 saturated heterocycles. The second-order valence-electron chi connectivity index (χ2n) is 8.44. The number of rotatable bonds is 6. The van der Waals surface area contributed by atoms with Crippen LogP contribution < -0.4 is 5.73 Å². The minimum absolute atomic E-state index is 0.247. The number of anilines is 1. The van der Waals surface area contributed by atoms with Crippen LogP contribution in [-0.2, 0) is 22.6 Å². The van der Waals surface area contributed by atoms with E-state index in [0.717, 1.165) is 27.8 Å². The Morgan fingerprint density at radius 3 is 2.44 bits per heavy atom. The smallest absolute Gasteiger partial charge is 0.152 e. The van der Waals surface area contributed by atoms with E-state index in [1.807, 2.05) is 25.1 Å². The summed E-state index contributed by atoms with van der Waals surface area (Å²) >= 11 is 0. The molecule has 0 fully saturated rings. The van der Waals surface area contributed by atoms with Crippen molar-refractivity contribution in [1.82, 2.24) is 14.5 Å². The predicted octanol–water partition coefficient (Wildman–Crippen LogP) is 4.30. The molecule has 0 amide bonds. The van der Waals surface area contributed by atoms with Crippen LogP contribution in [0.2, 0.25) is 0 Å². The summed E-state index contributed by atoms with van der Waals surface area (Å²) in [5.41, 5.74) is 8.16. The van der Waals surface area contributed by atoms with Gasteiger partial charge in [-0.2, -0.15) is 0 Å². The molecule has 3 rings (SSSR count). The molecule has 0 atom stereocenters. The Hall–Kier alpha value is -2.18. The molecule has 2 N–H and O–H groups in total. The largest absolute Gasteiger partial charge is 0.382 e. The molecule has 0 unspecified atom stereocenters. The fourth-order valence-corrected chi connectivity index (χ4v) is 3.62. The maximum absolute atomic E-state index is 6.31. The average Bonchev–Trinajstić information content (AvgIpc) is 2.89. The third-order valence-electron chi connectivity index (χ3n) is 4.25. The summed E-state index contributed by atoms with van der Waals surface area (Å²) < 4.78 is 14.2. The van der Waals surface area contributed by atoms with Crippen LogP contribution in [0.25, 0.3) is 21.9 Å². The van der Waals surface area contributed by atoms with Gasteiger partial charge in [0.2, 0.25) is 0 Å². The monoisotopic (exact) mass is 370 g/mol. The van der Waals surface area contributed by atoms with Gasteiger partial charge in [0.15, 0.2) is 5.82 Å². The van der Waals surface area contributed by atoms with Crippen LogP contribution in [0.3, 0.4) is 0 Å². The van der Waals surface area contributed by atoms with Crippen LogP contribution in [0.1, 0.15) is 47.4 Å². The molecule has 3 aromatic rings. The van der Waals surface area contributed by atoms with Crippen LogP contribution in [-0.4, -0.2) is 32.3 Å². The van der Waals surface area contributed by atoms with E-state index in [1.165, 1.54) is 0 Å². The summed E-state index contributed by atoms with van der Waals surface area (Å²) in [6.45, 7) is 14.1. The quantitative estimate of drug-likeness (QED) is 0.700. The topological polar surface area (TPSA) is 75.2 Å². The number of imidazole rings is 1. The van der Waals surface area contributed by atoms with Gasteiger partial charge in [0.25, 0.3) is 0 Å². The Labute approximate surface area is 160 Å². The van der Waals surface area contributed by atoms with E-state index in [2.05, 4.69) is 50.2 Å². The average molecular weight is 370 g/mol. The maximum Gasteiger partial charge on any atom is 0.152 e. The highest BCUT2D eigenvalue weighted by Gasteiger charge is 2.29. The molecule has 0 aliphatic heterocycles. The van der Waals surface area contributed by atoms with E-state index in [9.17, 15) is 0 Å². The Morgan fingerprint density at radius 1 is 1.07 bits per heavy atom. The fraction of sp³-hybridized carbons (Fsp3) is 0.524. The number of aromatic nitrogens is 3. The molecule has 146 valence electrons. The number of fused-ring (bicyclic) bond motifs is 3. The zero-order valence-electron chi connectivity index (χ0n) is 17.2. The van der Waals surface area contributed by atoms with Crippen molar-refractivity contribution in [2.24, 2.45) is 0 Å². The zero-order valence-corrected chi connectivity index (χ0v) is 17.2. The van der Waals surface area contributed by atoms with E-state index in [4.69, 9.17) is 20.2 Å². The molecule has 0 radical (unpaired) electrons. The highest BCUT2D eigenvalue weighted by Crippen LogP contribution is 2.31. The highest BCUT2D eigenvalue weighted by atomic mass is 16.5. The Balaban J connectivity index is 2.21. The van der Waals surface area contributed by atoms with Crippen molar-refractivity contribution in [1.29, 1.82) is 0 Å². The van der Waals surface area contributed by atoms with E-state index in [0.29, 0.717) is 25.6 Å². The zero-order chi connectivity index (χ0) is 19.8. The highest BCUT2D eigenvalue weighted by molar-refractivity contribution is 6.06. The first-order chi connectivity index (χ1) is 12.6. The van der Waals surface area contributed by atoms with Gasteiger partial charge < -0.3 is 19.8 Å². The summed E-state index contributed by atoms with van der Waals surface area (Å²) in [7, 11) is 0. The van der Waals surface area contributed by atoms with Crippen LogP contribution in [0.15, 0.2) is 24.3 Å². The minimum atomic E-state index is -0.397. The first kappa shape index (κ1) is 19.6. The van der Waals surface area contributed by atoms with Crippen LogP contribution in [0, 0.1) is 0 Å². The number of nitrogens with zero attached hydrogens (tertiary/aromatic N) is 3. The molecular weight excluding hydrogens is 340 g/mol. The van der Waals surface area contributed by atoms with Crippen molar-refractivity contribution in [3.05, 3.63) is 30.1 Å². The molecule has 1 aromatic carbocycles. The van der Waals surface area contributed by atoms with Gasteiger partial charge in [-0.15, -0.1) is 0 Å². The molecular formula is C21H30N4O2. The molecule has 6 nitrogen and oxygen atoms in total. The lowest BCUT2D eigenvalue weighted by Crippen LogP contribution is -2.38. The van der Waals surface area contributed by atoms with E-state index < -0.39 is 5.60 Å². The van der Waals surface area contributed by atoms with E-state index in [1.54, 1.807) is 0 Å². The fourth-order valence-electron chi connectivity index (χ4n) is 3.62. The molecule has 0 spiro atoms. The Kier molecular flexibility index (Phi) is 5.14. The van der Waals surface area contributed by atoms with Crippen molar-refractivity contribution >= 4 is 27.8 Å². The lowest BCUT2D eigenvalue weighted by molar-refractivity contribution is -0.119. The lowest BCUT2D eigenvalue weighted by atomic mass is 10.1. The first-order valence-corrected chi connectivity index (χ1v) is 9.42. The number of benzene rings is 1. The van der Waals surface area contributed by atoms with Gasteiger partial charge in [-0.05, 0) is 47.6 Å². The molecule has 27 heavy (non-hydrogen) atoms. The maximum atomic E-state index is 6.31.